The number of rotatable bonds is 13. The Bertz CT molecular complexity index is 1050. The number of aliphatic hydroxyl groups excluding tert-OH is 1. The van der Waals surface area contributed by atoms with Gasteiger partial charge < -0.3 is 29.5 Å². The average Bonchev–Trinajstić information content (AvgIpc) is 3.42. The molecule has 2 aromatic rings. The van der Waals surface area contributed by atoms with E-state index < -0.39 is 8.53 Å². The number of H-pyrrole nitrogens is 1. The maximum Gasteiger partial charge on any atom is 0.280 e. The van der Waals surface area contributed by atoms with E-state index in [1.54, 1.807) is 10.9 Å². The number of nitrogen functional groups attached to an aromatic ring is 1. The first-order chi connectivity index (χ1) is 17.9. The lowest BCUT2D eigenvalue weighted by Crippen LogP contribution is -2.26. The minimum atomic E-state index is -1.31. The molecule has 4 atom stereocenters. The van der Waals surface area contributed by atoms with Crippen molar-refractivity contribution in [3.63, 3.8) is 0 Å². The summed E-state index contributed by atoms with van der Waals surface area (Å²) in [7, 11) is 2.68. The number of nitrogens with two attached hydrogens (primary N) is 1. The molecule has 15 heteroatoms. The standard InChI is InChI=1S/C18H30N7O5PS.C5H12O/c1-12-8-13(9-29-31(21-4-5-24(2)3)28-6-7-32-11-26)30-17(12)25-10-20-14-15(25)22-18(19)23-16(14)27;1-5(2,3)4-6/h10-13,17,21H,4-9H2,1-3H3,(H3,19,22,23,27);6H,4H2,1-3H3. The molecule has 13 nitrogen and oxygen atoms in total. The first-order valence-corrected chi connectivity index (χ1v) is 14.7. The lowest BCUT2D eigenvalue weighted by Gasteiger charge is -2.21. The smallest absolute Gasteiger partial charge is 0.280 e. The number of nitrogens with one attached hydrogen (secondary N) is 2. The second kappa shape index (κ2) is 15.8. The van der Waals surface area contributed by atoms with Crippen LogP contribution in [-0.4, -0.2) is 94.0 Å². The van der Waals surface area contributed by atoms with Gasteiger partial charge in [-0.05, 0) is 25.9 Å². The Hall–Kier alpha value is -1.64. The number of fused-ring (bicyclic) bond motifs is 1. The molecule has 0 amide bonds. The predicted octanol–water partition coefficient (Wildman–Crippen LogP) is 1.98. The molecule has 0 saturated carbocycles. The molecule has 0 radical (unpaired) electrons. The monoisotopic (exact) mass is 575 g/mol. The second-order valence-electron chi connectivity index (χ2n) is 10.4. The number of nitrogens with zero attached hydrogens (tertiary/aromatic N) is 4. The van der Waals surface area contributed by atoms with Crippen LogP contribution in [0.15, 0.2) is 11.1 Å². The molecule has 0 aromatic carbocycles. The Labute approximate surface area is 229 Å². The molecule has 216 valence electrons. The normalized spacial score (nSPS) is 20.5. The van der Waals surface area contributed by atoms with Crippen molar-refractivity contribution in [2.45, 2.75) is 46.4 Å². The number of likely N-dealkylation sites (N-methyl/N-ethyl adjacent to an activating group) is 1. The van der Waals surface area contributed by atoms with Crippen molar-refractivity contribution in [2.75, 3.05) is 58.5 Å². The molecular formula is C23H42N7O6PS. The third-order valence-corrected chi connectivity index (χ3v) is 7.13. The maximum atomic E-state index is 12.1. The van der Waals surface area contributed by atoms with Gasteiger partial charge in [-0.25, -0.2) is 10.1 Å². The first-order valence-electron chi connectivity index (χ1n) is 12.4. The van der Waals surface area contributed by atoms with Gasteiger partial charge >= 0.3 is 0 Å². The summed E-state index contributed by atoms with van der Waals surface area (Å²) in [6.07, 6.45) is 1.84. The van der Waals surface area contributed by atoms with Crippen molar-refractivity contribution < 1.29 is 23.7 Å². The minimum absolute atomic E-state index is 0.0362. The second-order valence-corrected chi connectivity index (χ2v) is 12.7. The van der Waals surface area contributed by atoms with E-state index in [0.29, 0.717) is 31.2 Å². The number of carbonyl (C=O) groups is 1. The number of ether oxygens (including phenoxy) is 1. The van der Waals surface area contributed by atoms with Crippen molar-refractivity contribution >= 4 is 43.0 Å². The van der Waals surface area contributed by atoms with Gasteiger partial charge in [-0.3, -0.25) is 19.1 Å². The van der Waals surface area contributed by atoms with Crippen LogP contribution < -0.4 is 16.4 Å². The van der Waals surface area contributed by atoms with E-state index in [9.17, 15) is 9.59 Å². The van der Waals surface area contributed by atoms with E-state index in [4.69, 9.17) is 24.6 Å². The lowest BCUT2D eigenvalue weighted by molar-refractivity contribution is -0.0257. The minimum Gasteiger partial charge on any atom is -0.396 e. The molecule has 3 heterocycles. The van der Waals surface area contributed by atoms with Crippen molar-refractivity contribution in [3.05, 3.63) is 16.7 Å². The molecule has 1 aliphatic rings. The Morgan fingerprint density at radius 3 is 2.76 bits per heavy atom. The largest absolute Gasteiger partial charge is 0.396 e. The summed E-state index contributed by atoms with van der Waals surface area (Å²) in [5, 5.41) is 11.7. The summed E-state index contributed by atoms with van der Waals surface area (Å²) in [6.45, 7) is 10.6. The number of aromatic nitrogens is 4. The van der Waals surface area contributed by atoms with Gasteiger partial charge in [-0.15, -0.1) is 0 Å². The van der Waals surface area contributed by atoms with Crippen LogP contribution in [0.3, 0.4) is 0 Å². The van der Waals surface area contributed by atoms with Crippen LogP contribution in [-0.2, 0) is 18.6 Å². The fraction of sp³-hybridized carbons (Fsp3) is 0.739. The average molecular weight is 576 g/mol. The molecule has 0 aliphatic carbocycles. The Morgan fingerprint density at radius 1 is 1.42 bits per heavy atom. The topological polar surface area (TPSA) is 170 Å². The summed E-state index contributed by atoms with van der Waals surface area (Å²) in [4.78, 5) is 35.4. The fourth-order valence-electron chi connectivity index (χ4n) is 3.35. The molecule has 38 heavy (non-hydrogen) atoms. The SMILES string of the molecule is CC(C)(C)CO.CC1CC(COP(NCCN(C)C)OCCSC=O)OC1n1cnc2c(=O)[nH]c(N)nc21. The Kier molecular flexibility index (Phi) is 13.6. The number of aromatic amines is 1. The van der Waals surface area contributed by atoms with Crippen molar-refractivity contribution in [3.8, 4) is 0 Å². The summed E-state index contributed by atoms with van der Waals surface area (Å²) in [5.74, 6) is 0.763. The fourth-order valence-corrected chi connectivity index (χ4v) is 4.85. The van der Waals surface area contributed by atoms with Crippen LogP contribution in [0.2, 0.25) is 0 Å². The molecule has 5 N–H and O–H groups in total. The molecule has 1 saturated heterocycles. The zero-order valence-corrected chi connectivity index (χ0v) is 24.8. The highest BCUT2D eigenvalue weighted by atomic mass is 32.2. The maximum absolute atomic E-state index is 12.1. The van der Waals surface area contributed by atoms with E-state index >= 15 is 0 Å². The molecule has 1 aliphatic heterocycles. The highest BCUT2D eigenvalue weighted by molar-refractivity contribution is 8.11. The van der Waals surface area contributed by atoms with Gasteiger partial charge in [0.1, 0.15) is 6.23 Å². The zero-order valence-electron chi connectivity index (χ0n) is 23.0. The summed E-state index contributed by atoms with van der Waals surface area (Å²) < 4.78 is 19.8. The molecule has 1 fully saturated rings. The van der Waals surface area contributed by atoms with Crippen LogP contribution in [0, 0.1) is 11.3 Å². The number of carbonyl (C=O) groups excluding carboxylic acids is 1. The van der Waals surface area contributed by atoms with Crippen LogP contribution in [0.5, 0.6) is 0 Å². The van der Waals surface area contributed by atoms with Crippen LogP contribution in [0.25, 0.3) is 11.2 Å². The quantitative estimate of drug-likeness (QED) is 0.156. The van der Waals surface area contributed by atoms with E-state index in [0.717, 1.165) is 30.3 Å². The van der Waals surface area contributed by atoms with Crippen LogP contribution in [0.4, 0.5) is 5.95 Å². The first kappa shape index (κ1) is 32.6. The van der Waals surface area contributed by atoms with Gasteiger partial charge in [0.2, 0.25) is 5.95 Å². The van der Waals surface area contributed by atoms with E-state index in [-0.39, 0.29) is 47.3 Å². The van der Waals surface area contributed by atoms with Crippen LogP contribution in [0.1, 0.15) is 40.3 Å². The van der Waals surface area contributed by atoms with Crippen molar-refractivity contribution in [1.82, 2.24) is 29.5 Å². The third kappa shape index (κ3) is 10.9. The van der Waals surface area contributed by atoms with Crippen molar-refractivity contribution in [2.24, 2.45) is 11.3 Å². The van der Waals surface area contributed by atoms with Gasteiger partial charge in [0.15, 0.2) is 16.8 Å². The number of anilines is 1. The highest BCUT2D eigenvalue weighted by Crippen LogP contribution is 2.39. The summed E-state index contributed by atoms with van der Waals surface area (Å²) >= 11 is 1.16. The van der Waals surface area contributed by atoms with Crippen LogP contribution >= 0.6 is 20.3 Å². The molecular weight excluding hydrogens is 533 g/mol. The van der Waals surface area contributed by atoms with E-state index in [1.807, 2.05) is 34.9 Å². The van der Waals surface area contributed by atoms with Gasteiger partial charge in [0, 0.05) is 31.4 Å². The summed E-state index contributed by atoms with van der Waals surface area (Å²) in [5.41, 5.74) is 6.84. The molecule has 4 unspecified atom stereocenters. The number of imidazole rings is 1. The summed E-state index contributed by atoms with van der Waals surface area (Å²) in [6, 6.07) is 0. The van der Waals surface area contributed by atoms with Crippen molar-refractivity contribution in [1.29, 1.82) is 0 Å². The molecule has 2 aromatic heterocycles. The Morgan fingerprint density at radius 2 is 2.13 bits per heavy atom. The number of thioether (sulfide) groups is 1. The van der Waals surface area contributed by atoms with Gasteiger partial charge in [0.25, 0.3) is 14.1 Å². The number of hydrogen-bond acceptors (Lipinski definition) is 12. The van der Waals surface area contributed by atoms with E-state index in [2.05, 4.69) is 31.9 Å². The predicted molar refractivity (Wildman–Crippen MR) is 151 cm³/mol. The molecule has 0 bridgehead atoms. The van der Waals surface area contributed by atoms with E-state index in [1.165, 1.54) is 0 Å². The van der Waals surface area contributed by atoms with Gasteiger partial charge in [-0.2, -0.15) is 4.98 Å². The highest BCUT2D eigenvalue weighted by Gasteiger charge is 2.35. The third-order valence-electron chi connectivity index (χ3n) is 5.31. The van der Waals surface area contributed by atoms with Gasteiger partial charge in [0.05, 0.1) is 25.6 Å². The Balaban J connectivity index is 0.000000757. The van der Waals surface area contributed by atoms with Gasteiger partial charge in [-0.1, -0.05) is 39.5 Å². The number of aliphatic hydroxyl groups is 1. The zero-order chi connectivity index (χ0) is 28.3. The lowest BCUT2D eigenvalue weighted by atomic mass is 9.99. The molecule has 3 rings (SSSR count). The number of hydrogen-bond donors (Lipinski definition) is 4. The molecule has 0 spiro atoms.